The molecule has 9 heteroatoms. The van der Waals surface area contributed by atoms with Gasteiger partial charge in [-0.3, -0.25) is 19.7 Å². The van der Waals surface area contributed by atoms with Crippen molar-refractivity contribution in [1.29, 1.82) is 0 Å². The van der Waals surface area contributed by atoms with E-state index in [0.29, 0.717) is 6.61 Å². The zero-order valence-corrected chi connectivity index (χ0v) is 13.5. The third kappa shape index (κ3) is 3.94. The van der Waals surface area contributed by atoms with Gasteiger partial charge in [-0.15, -0.1) is 0 Å². The molecule has 9 nitrogen and oxygen atoms in total. The largest absolute Gasteiger partial charge is 0.347 e. The Morgan fingerprint density at radius 1 is 1.24 bits per heavy atom. The first-order valence-corrected chi connectivity index (χ1v) is 8.13. The normalized spacial score (nSPS) is 21.2. The lowest BCUT2D eigenvalue weighted by Crippen LogP contribution is -2.40. The molecule has 2 fully saturated rings. The number of carbonyl (C=O) groups is 2. The number of anilines is 1. The molecule has 2 amide bonds. The molecule has 1 unspecified atom stereocenters. The van der Waals surface area contributed by atoms with E-state index in [9.17, 15) is 19.7 Å². The standard InChI is InChI=1S/C16H19N3O6/c20-14(15(21)18-12-5-1-2-6-13(12)19(22)23)17-9-11-10-24-16(25-11)7-3-4-8-16/h1-2,5-6,11H,3-4,7-10H2,(H,17,20)(H,18,21). The predicted molar refractivity (Wildman–Crippen MR) is 86.8 cm³/mol. The Morgan fingerprint density at radius 3 is 2.68 bits per heavy atom. The molecule has 1 atom stereocenters. The number of rotatable bonds is 4. The summed E-state index contributed by atoms with van der Waals surface area (Å²) in [5.74, 6) is -2.37. The number of benzene rings is 1. The Balaban J connectivity index is 1.50. The average Bonchev–Trinajstić information content (AvgIpc) is 3.23. The van der Waals surface area contributed by atoms with Gasteiger partial charge in [0.1, 0.15) is 11.8 Å². The number of ether oxygens (including phenoxy) is 2. The average molecular weight is 349 g/mol. The van der Waals surface area contributed by atoms with Crippen molar-refractivity contribution in [3.05, 3.63) is 34.4 Å². The van der Waals surface area contributed by atoms with Gasteiger partial charge in [-0.05, 0) is 18.9 Å². The minimum atomic E-state index is -0.969. The van der Waals surface area contributed by atoms with Crippen LogP contribution >= 0.6 is 0 Å². The number of nitrogens with zero attached hydrogens (tertiary/aromatic N) is 1. The van der Waals surface area contributed by atoms with Crippen molar-refractivity contribution in [3.63, 3.8) is 0 Å². The minimum Gasteiger partial charge on any atom is -0.347 e. The summed E-state index contributed by atoms with van der Waals surface area (Å²) in [5, 5.41) is 15.6. The second kappa shape index (κ2) is 7.16. The molecular weight excluding hydrogens is 330 g/mol. The molecule has 1 aromatic carbocycles. The van der Waals surface area contributed by atoms with Gasteiger partial charge in [-0.1, -0.05) is 12.1 Å². The van der Waals surface area contributed by atoms with E-state index in [1.165, 1.54) is 24.3 Å². The van der Waals surface area contributed by atoms with Gasteiger partial charge in [0.15, 0.2) is 5.79 Å². The van der Waals surface area contributed by atoms with Crippen molar-refractivity contribution in [3.8, 4) is 0 Å². The molecule has 2 N–H and O–H groups in total. The molecule has 2 aliphatic rings. The van der Waals surface area contributed by atoms with Crippen LogP contribution in [-0.4, -0.2) is 41.8 Å². The van der Waals surface area contributed by atoms with Gasteiger partial charge >= 0.3 is 11.8 Å². The Kier molecular flexibility index (Phi) is 4.95. The van der Waals surface area contributed by atoms with E-state index in [1.54, 1.807) is 0 Å². The topological polar surface area (TPSA) is 120 Å². The van der Waals surface area contributed by atoms with Crippen LogP contribution in [-0.2, 0) is 19.1 Å². The molecule has 1 heterocycles. The fraction of sp³-hybridized carbons (Fsp3) is 0.500. The third-order valence-electron chi connectivity index (χ3n) is 4.32. The Bertz CT molecular complexity index is 686. The third-order valence-corrected chi connectivity index (χ3v) is 4.32. The quantitative estimate of drug-likeness (QED) is 0.481. The van der Waals surface area contributed by atoms with Crippen LogP contribution in [0.5, 0.6) is 0 Å². The Labute approximate surface area is 143 Å². The number of hydrogen-bond acceptors (Lipinski definition) is 6. The van der Waals surface area contributed by atoms with E-state index in [4.69, 9.17) is 9.47 Å². The summed E-state index contributed by atoms with van der Waals surface area (Å²) >= 11 is 0. The highest BCUT2D eigenvalue weighted by Gasteiger charge is 2.43. The molecule has 134 valence electrons. The van der Waals surface area contributed by atoms with Gasteiger partial charge in [0, 0.05) is 25.5 Å². The molecule has 0 bridgehead atoms. The van der Waals surface area contributed by atoms with Gasteiger partial charge in [-0.25, -0.2) is 0 Å². The maximum atomic E-state index is 11.9. The van der Waals surface area contributed by atoms with Gasteiger partial charge in [0.2, 0.25) is 0 Å². The molecular formula is C16H19N3O6. The SMILES string of the molecule is O=C(NCC1COC2(CCCC2)O1)C(=O)Nc1ccccc1[N+](=O)[O-]. The van der Waals surface area contributed by atoms with Gasteiger partial charge in [0.25, 0.3) is 5.69 Å². The van der Waals surface area contributed by atoms with Crippen molar-refractivity contribution >= 4 is 23.2 Å². The van der Waals surface area contributed by atoms with Crippen molar-refractivity contribution in [2.45, 2.75) is 37.6 Å². The number of amides is 2. The van der Waals surface area contributed by atoms with E-state index >= 15 is 0 Å². The zero-order chi connectivity index (χ0) is 17.9. The number of nitrogens with one attached hydrogen (secondary N) is 2. The lowest BCUT2D eigenvalue weighted by Gasteiger charge is -2.21. The van der Waals surface area contributed by atoms with Crippen LogP contribution in [0.25, 0.3) is 0 Å². The van der Waals surface area contributed by atoms with Crippen LogP contribution < -0.4 is 10.6 Å². The number of carbonyl (C=O) groups excluding carboxylic acids is 2. The van der Waals surface area contributed by atoms with E-state index in [1.807, 2.05) is 0 Å². The number of nitro benzene ring substituents is 1. The summed E-state index contributed by atoms with van der Waals surface area (Å²) in [6.45, 7) is 0.511. The molecule has 3 rings (SSSR count). The molecule has 0 aromatic heterocycles. The summed E-state index contributed by atoms with van der Waals surface area (Å²) in [6.07, 6.45) is 3.49. The van der Waals surface area contributed by atoms with E-state index in [-0.39, 0.29) is 24.0 Å². The number of hydrogen-bond donors (Lipinski definition) is 2. The van der Waals surface area contributed by atoms with E-state index < -0.39 is 22.5 Å². The molecule has 1 aliphatic carbocycles. The lowest BCUT2D eigenvalue weighted by molar-refractivity contribution is -0.383. The highest BCUT2D eigenvalue weighted by molar-refractivity contribution is 6.39. The molecule has 1 aliphatic heterocycles. The fourth-order valence-corrected chi connectivity index (χ4v) is 3.10. The van der Waals surface area contributed by atoms with Crippen molar-refractivity contribution < 1.29 is 24.0 Å². The summed E-state index contributed by atoms with van der Waals surface area (Å²) < 4.78 is 11.5. The monoisotopic (exact) mass is 349 g/mol. The molecule has 1 spiro atoms. The summed E-state index contributed by atoms with van der Waals surface area (Å²) in [7, 11) is 0. The second-order valence-corrected chi connectivity index (χ2v) is 6.11. The molecule has 1 aromatic rings. The van der Waals surface area contributed by atoms with E-state index in [2.05, 4.69) is 10.6 Å². The van der Waals surface area contributed by atoms with Crippen LogP contribution in [0.1, 0.15) is 25.7 Å². The van der Waals surface area contributed by atoms with Gasteiger partial charge in [-0.2, -0.15) is 0 Å². The molecule has 1 saturated carbocycles. The van der Waals surface area contributed by atoms with Crippen LogP contribution in [0.2, 0.25) is 0 Å². The first kappa shape index (κ1) is 17.3. The first-order chi connectivity index (χ1) is 12.0. The van der Waals surface area contributed by atoms with Crippen LogP contribution in [0.15, 0.2) is 24.3 Å². The minimum absolute atomic E-state index is 0.0296. The maximum Gasteiger partial charge on any atom is 0.313 e. The Morgan fingerprint density at radius 2 is 1.96 bits per heavy atom. The molecule has 1 saturated heterocycles. The molecule has 25 heavy (non-hydrogen) atoms. The van der Waals surface area contributed by atoms with E-state index in [0.717, 1.165) is 25.7 Å². The van der Waals surface area contributed by atoms with Crippen LogP contribution in [0.4, 0.5) is 11.4 Å². The fourth-order valence-electron chi connectivity index (χ4n) is 3.10. The van der Waals surface area contributed by atoms with Gasteiger partial charge in [0.05, 0.1) is 11.5 Å². The van der Waals surface area contributed by atoms with Crippen LogP contribution in [0, 0.1) is 10.1 Å². The van der Waals surface area contributed by atoms with Crippen LogP contribution in [0.3, 0.4) is 0 Å². The van der Waals surface area contributed by atoms with Crippen molar-refractivity contribution in [2.75, 3.05) is 18.5 Å². The summed E-state index contributed by atoms with van der Waals surface area (Å²) in [4.78, 5) is 34.1. The molecule has 0 radical (unpaired) electrons. The summed E-state index contributed by atoms with van der Waals surface area (Å²) in [6, 6.07) is 5.62. The van der Waals surface area contributed by atoms with Crippen molar-refractivity contribution in [2.24, 2.45) is 0 Å². The number of nitro groups is 1. The maximum absolute atomic E-state index is 11.9. The lowest BCUT2D eigenvalue weighted by atomic mass is 10.2. The zero-order valence-electron chi connectivity index (χ0n) is 13.5. The predicted octanol–water partition coefficient (Wildman–Crippen LogP) is 1.34. The smallest absolute Gasteiger partial charge is 0.313 e. The summed E-state index contributed by atoms with van der Waals surface area (Å²) in [5.41, 5.74) is -0.308. The second-order valence-electron chi connectivity index (χ2n) is 6.11. The highest BCUT2D eigenvalue weighted by Crippen LogP contribution is 2.38. The van der Waals surface area contributed by atoms with Gasteiger partial charge < -0.3 is 20.1 Å². The first-order valence-electron chi connectivity index (χ1n) is 8.13. The highest BCUT2D eigenvalue weighted by atomic mass is 16.7. The number of para-hydroxylation sites is 2. The van der Waals surface area contributed by atoms with Crippen molar-refractivity contribution in [1.82, 2.24) is 5.32 Å². The Hall–Kier alpha value is -2.52.